The van der Waals surface area contributed by atoms with Crippen LogP contribution in [0.1, 0.15) is 6.92 Å². The Bertz CT molecular complexity index is 534. The molecule has 104 valence electrons. The number of amides is 2. The van der Waals surface area contributed by atoms with E-state index in [1.807, 2.05) is 67.6 Å². The summed E-state index contributed by atoms with van der Waals surface area (Å²) < 4.78 is 4.55. The van der Waals surface area contributed by atoms with Gasteiger partial charge in [-0.25, -0.2) is 4.79 Å². The lowest BCUT2D eigenvalue weighted by molar-refractivity contribution is 0.233. The summed E-state index contributed by atoms with van der Waals surface area (Å²) >= 11 is 2.77. The van der Waals surface area contributed by atoms with Gasteiger partial charge in [-0.3, -0.25) is 9.03 Å². The Labute approximate surface area is 128 Å². The maximum Gasteiger partial charge on any atom is 0.337 e. The lowest BCUT2D eigenvalue weighted by Gasteiger charge is -2.19. The Morgan fingerprint density at radius 1 is 1.00 bits per heavy atom. The number of nitrogens with zero attached hydrogens (tertiary/aromatic N) is 1. The summed E-state index contributed by atoms with van der Waals surface area (Å²) in [6.45, 7) is 2.60. The number of carbonyl (C=O) groups is 1. The molecular weight excluding hydrogens is 288 g/mol. The molecule has 0 aliphatic heterocycles. The topological polar surface area (TPSA) is 32.3 Å². The molecule has 0 fully saturated rings. The number of benzene rings is 2. The number of hydrogen-bond donors (Lipinski definition) is 1. The molecule has 2 aromatic rings. The van der Waals surface area contributed by atoms with Crippen LogP contribution in [-0.4, -0.2) is 16.9 Å². The smallest absolute Gasteiger partial charge is 0.277 e. The van der Waals surface area contributed by atoms with E-state index in [0.717, 1.165) is 9.79 Å². The zero-order valence-corrected chi connectivity index (χ0v) is 12.8. The molecular formula is C15H16N2OS2. The van der Waals surface area contributed by atoms with Crippen LogP contribution in [-0.2, 0) is 0 Å². The lowest BCUT2D eigenvalue weighted by atomic mass is 10.4. The van der Waals surface area contributed by atoms with Crippen LogP contribution in [0.25, 0.3) is 0 Å². The largest absolute Gasteiger partial charge is 0.337 e. The molecule has 0 aromatic heterocycles. The molecule has 0 spiro atoms. The normalized spacial score (nSPS) is 10.1. The minimum absolute atomic E-state index is 0.102. The average molecular weight is 304 g/mol. The molecule has 0 aliphatic carbocycles. The molecule has 0 saturated heterocycles. The lowest BCUT2D eigenvalue weighted by Crippen LogP contribution is -2.31. The molecule has 0 saturated carbocycles. The summed E-state index contributed by atoms with van der Waals surface area (Å²) in [4.78, 5) is 14.2. The van der Waals surface area contributed by atoms with Gasteiger partial charge in [0, 0.05) is 16.3 Å². The minimum Gasteiger partial charge on any atom is -0.277 e. The molecule has 0 aliphatic rings. The van der Waals surface area contributed by atoms with E-state index in [-0.39, 0.29) is 6.03 Å². The van der Waals surface area contributed by atoms with Gasteiger partial charge >= 0.3 is 6.03 Å². The third-order valence-corrected chi connectivity index (χ3v) is 4.38. The van der Waals surface area contributed by atoms with Crippen LogP contribution in [0, 0.1) is 0 Å². The Balaban J connectivity index is 1.89. The van der Waals surface area contributed by atoms with E-state index in [1.165, 1.54) is 23.9 Å². The van der Waals surface area contributed by atoms with E-state index in [2.05, 4.69) is 4.72 Å². The zero-order valence-electron chi connectivity index (χ0n) is 11.2. The average Bonchev–Trinajstić information content (AvgIpc) is 2.52. The van der Waals surface area contributed by atoms with Crippen LogP contribution in [0.3, 0.4) is 0 Å². The molecule has 20 heavy (non-hydrogen) atoms. The highest BCUT2D eigenvalue weighted by Gasteiger charge is 2.13. The van der Waals surface area contributed by atoms with Crippen molar-refractivity contribution in [2.75, 3.05) is 6.54 Å². The van der Waals surface area contributed by atoms with Crippen molar-refractivity contribution >= 4 is 29.9 Å². The second-order valence-corrected chi connectivity index (χ2v) is 5.90. The second kappa shape index (κ2) is 7.87. The van der Waals surface area contributed by atoms with Crippen molar-refractivity contribution < 1.29 is 4.79 Å². The molecule has 3 nitrogen and oxygen atoms in total. The van der Waals surface area contributed by atoms with Crippen LogP contribution in [0.4, 0.5) is 4.79 Å². The van der Waals surface area contributed by atoms with Crippen LogP contribution in [0.5, 0.6) is 0 Å². The van der Waals surface area contributed by atoms with Gasteiger partial charge in [0.2, 0.25) is 0 Å². The van der Waals surface area contributed by atoms with Gasteiger partial charge in [-0.15, -0.1) is 0 Å². The molecule has 2 rings (SSSR count). The number of hydrogen-bond acceptors (Lipinski definition) is 3. The summed E-state index contributed by atoms with van der Waals surface area (Å²) in [7, 11) is 0. The molecule has 1 N–H and O–H groups in total. The summed E-state index contributed by atoms with van der Waals surface area (Å²) in [5.74, 6) is 0. The number of urea groups is 1. The molecule has 2 amide bonds. The second-order valence-electron chi connectivity index (χ2n) is 3.92. The fourth-order valence-electron chi connectivity index (χ4n) is 1.50. The van der Waals surface area contributed by atoms with Crippen molar-refractivity contribution in [2.45, 2.75) is 16.7 Å². The molecule has 0 bridgehead atoms. The number of rotatable bonds is 5. The minimum atomic E-state index is -0.102. The summed E-state index contributed by atoms with van der Waals surface area (Å²) in [5, 5.41) is 0. The van der Waals surface area contributed by atoms with Gasteiger partial charge in [0.1, 0.15) is 0 Å². The predicted octanol–water partition coefficient (Wildman–Crippen LogP) is 4.43. The van der Waals surface area contributed by atoms with Crippen molar-refractivity contribution in [1.82, 2.24) is 9.03 Å². The van der Waals surface area contributed by atoms with Crippen molar-refractivity contribution in [3.63, 3.8) is 0 Å². The van der Waals surface area contributed by atoms with Crippen molar-refractivity contribution in [2.24, 2.45) is 0 Å². The van der Waals surface area contributed by atoms with Gasteiger partial charge in [-0.2, -0.15) is 0 Å². The van der Waals surface area contributed by atoms with Gasteiger partial charge in [0.25, 0.3) is 0 Å². The van der Waals surface area contributed by atoms with Crippen molar-refractivity contribution in [1.29, 1.82) is 0 Å². The predicted molar refractivity (Wildman–Crippen MR) is 85.5 cm³/mol. The summed E-state index contributed by atoms with van der Waals surface area (Å²) in [6.07, 6.45) is 0. The SMILES string of the molecule is CCN(Sc1ccccc1)C(=O)NSc1ccccc1. The molecule has 2 aromatic carbocycles. The molecule has 0 radical (unpaired) electrons. The number of nitrogens with one attached hydrogen (secondary N) is 1. The van der Waals surface area contributed by atoms with Crippen LogP contribution < -0.4 is 4.72 Å². The standard InChI is InChI=1S/C15H16N2OS2/c1-2-17(20-14-11-7-4-8-12-14)15(18)16-19-13-9-5-3-6-10-13/h3-12H,2H2,1H3,(H,16,18). The van der Waals surface area contributed by atoms with E-state index in [0.29, 0.717) is 6.54 Å². The van der Waals surface area contributed by atoms with Crippen LogP contribution in [0.15, 0.2) is 70.5 Å². The van der Waals surface area contributed by atoms with Gasteiger partial charge in [0.05, 0.1) is 0 Å². The number of carbonyl (C=O) groups excluding carboxylic acids is 1. The highest BCUT2D eigenvalue weighted by atomic mass is 32.2. The Morgan fingerprint density at radius 3 is 2.10 bits per heavy atom. The quantitative estimate of drug-likeness (QED) is 0.829. The van der Waals surface area contributed by atoms with Gasteiger partial charge < -0.3 is 0 Å². The fraction of sp³-hybridized carbons (Fsp3) is 0.133. The summed E-state index contributed by atoms with van der Waals surface area (Å²) in [5.41, 5.74) is 0. The molecule has 5 heteroatoms. The third kappa shape index (κ3) is 4.51. The van der Waals surface area contributed by atoms with E-state index in [4.69, 9.17) is 0 Å². The van der Waals surface area contributed by atoms with E-state index >= 15 is 0 Å². The first-order valence-corrected chi connectivity index (χ1v) is 7.91. The first kappa shape index (κ1) is 14.8. The molecule has 0 heterocycles. The van der Waals surface area contributed by atoms with Crippen LogP contribution in [0.2, 0.25) is 0 Å². The fourth-order valence-corrected chi connectivity index (χ4v) is 2.96. The van der Waals surface area contributed by atoms with Crippen LogP contribution >= 0.6 is 23.9 Å². The van der Waals surface area contributed by atoms with E-state index < -0.39 is 0 Å². The van der Waals surface area contributed by atoms with Gasteiger partial charge in [0.15, 0.2) is 0 Å². The first-order chi connectivity index (χ1) is 9.79. The zero-order chi connectivity index (χ0) is 14.2. The highest BCUT2D eigenvalue weighted by molar-refractivity contribution is 7.99. The van der Waals surface area contributed by atoms with Crippen molar-refractivity contribution in [3.8, 4) is 0 Å². The third-order valence-electron chi connectivity index (χ3n) is 2.47. The maximum absolute atomic E-state index is 12.1. The Morgan fingerprint density at radius 2 is 1.55 bits per heavy atom. The maximum atomic E-state index is 12.1. The summed E-state index contributed by atoms with van der Waals surface area (Å²) in [6, 6.07) is 19.6. The first-order valence-electron chi connectivity index (χ1n) is 6.32. The Kier molecular flexibility index (Phi) is 5.83. The van der Waals surface area contributed by atoms with Gasteiger partial charge in [-0.05, 0) is 55.1 Å². The highest BCUT2D eigenvalue weighted by Crippen LogP contribution is 2.23. The van der Waals surface area contributed by atoms with E-state index in [9.17, 15) is 4.79 Å². The molecule has 0 atom stereocenters. The molecule has 0 unspecified atom stereocenters. The Hall–Kier alpha value is -1.59. The van der Waals surface area contributed by atoms with Crippen molar-refractivity contribution in [3.05, 3.63) is 60.7 Å². The van der Waals surface area contributed by atoms with Gasteiger partial charge in [-0.1, -0.05) is 36.4 Å². The monoisotopic (exact) mass is 304 g/mol. The van der Waals surface area contributed by atoms with E-state index in [1.54, 1.807) is 4.31 Å².